The minimum atomic E-state index is -0.104. The van der Waals surface area contributed by atoms with Gasteiger partial charge in [0.2, 0.25) is 0 Å². The molecule has 0 aliphatic heterocycles. The summed E-state index contributed by atoms with van der Waals surface area (Å²) in [5.41, 5.74) is 0. The predicted octanol–water partition coefficient (Wildman–Crippen LogP) is 0.527. The van der Waals surface area contributed by atoms with Crippen molar-refractivity contribution in [3.05, 3.63) is 18.5 Å². The van der Waals surface area contributed by atoms with E-state index in [9.17, 15) is 0 Å². The van der Waals surface area contributed by atoms with Crippen molar-refractivity contribution >= 4 is 0 Å². The number of hydrogen-bond donors (Lipinski definition) is 1. The van der Waals surface area contributed by atoms with Crippen LogP contribution in [0.15, 0.2) is 18.5 Å². The van der Waals surface area contributed by atoms with Crippen LogP contribution in [-0.2, 0) is 6.54 Å². The van der Waals surface area contributed by atoms with Gasteiger partial charge in [-0.1, -0.05) is 0 Å². The Labute approximate surface area is 77.2 Å². The highest BCUT2D eigenvalue weighted by molar-refractivity contribution is 4.96. The van der Waals surface area contributed by atoms with Crippen LogP contribution >= 0.6 is 0 Å². The molecule has 1 unspecified atom stereocenters. The van der Waals surface area contributed by atoms with E-state index < -0.39 is 0 Å². The van der Waals surface area contributed by atoms with Gasteiger partial charge in [-0.25, -0.2) is 0 Å². The first kappa shape index (κ1) is 8.27. The second-order valence-electron chi connectivity index (χ2n) is 3.35. The standard InChI is InChI=1S/C9H12N4/c10-6-9(12-8-2-3-8)7-13-5-1-4-11-13/h1,4-5,8-9,12H,2-3,7H2. The van der Waals surface area contributed by atoms with Crippen LogP contribution in [0.5, 0.6) is 0 Å². The van der Waals surface area contributed by atoms with Crippen LogP contribution in [-0.4, -0.2) is 21.9 Å². The molecule has 13 heavy (non-hydrogen) atoms. The van der Waals surface area contributed by atoms with E-state index in [1.165, 1.54) is 12.8 Å². The molecule has 0 spiro atoms. The lowest BCUT2D eigenvalue weighted by atomic mass is 10.3. The van der Waals surface area contributed by atoms with Gasteiger partial charge in [0.15, 0.2) is 0 Å². The molecule has 1 N–H and O–H groups in total. The van der Waals surface area contributed by atoms with Crippen LogP contribution in [0.2, 0.25) is 0 Å². The van der Waals surface area contributed by atoms with Gasteiger partial charge in [-0.3, -0.25) is 10.00 Å². The highest BCUT2D eigenvalue weighted by atomic mass is 15.3. The fourth-order valence-electron chi connectivity index (χ4n) is 1.26. The maximum absolute atomic E-state index is 8.85. The number of nitrogens with one attached hydrogen (secondary N) is 1. The van der Waals surface area contributed by atoms with Crippen LogP contribution in [0.1, 0.15) is 12.8 Å². The molecular formula is C9H12N4. The van der Waals surface area contributed by atoms with E-state index >= 15 is 0 Å². The van der Waals surface area contributed by atoms with E-state index in [1.54, 1.807) is 10.9 Å². The number of hydrogen-bond acceptors (Lipinski definition) is 3. The lowest BCUT2D eigenvalue weighted by Gasteiger charge is -2.09. The minimum absolute atomic E-state index is 0.104. The molecule has 1 aliphatic carbocycles. The molecule has 0 radical (unpaired) electrons. The summed E-state index contributed by atoms with van der Waals surface area (Å²) < 4.78 is 1.78. The summed E-state index contributed by atoms with van der Waals surface area (Å²) in [6.45, 7) is 0.639. The monoisotopic (exact) mass is 176 g/mol. The lowest BCUT2D eigenvalue weighted by Crippen LogP contribution is -2.33. The molecule has 68 valence electrons. The van der Waals surface area contributed by atoms with Crippen LogP contribution in [0, 0.1) is 11.3 Å². The largest absolute Gasteiger partial charge is 0.298 e. The average Bonchev–Trinajstić information content (AvgIpc) is 2.80. The van der Waals surface area contributed by atoms with Gasteiger partial charge in [0.1, 0.15) is 6.04 Å². The van der Waals surface area contributed by atoms with Gasteiger partial charge in [-0.05, 0) is 18.9 Å². The van der Waals surface area contributed by atoms with Gasteiger partial charge < -0.3 is 0 Å². The zero-order valence-corrected chi connectivity index (χ0v) is 7.35. The average molecular weight is 176 g/mol. The molecule has 0 amide bonds. The lowest BCUT2D eigenvalue weighted by molar-refractivity contribution is 0.489. The maximum atomic E-state index is 8.85. The van der Waals surface area contributed by atoms with Crippen molar-refractivity contribution in [2.75, 3.05) is 0 Å². The van der Waals surface area contributed by atoms with Crippen molar-refractivity contribution in [1.29, 1.82) is 5.26 Å². The summed E-state index contributed by atoms with van der Waals surface area (Å²) in [5, 5.41) is 16.2. The van der Waals surface area contributed by atoms with Crippen molar-refractivity contribution in [3.63, 3.8) is 0 Å². The van der Waals surface area contributed by atoms with E-state index in [0.29, 0.717) is 12.6 Å². The van der Waals surface area contributed by atoms with E-state index in [1.807, 2.05) is 12.3 Å². The number of rotatable bonds is 4. The maximum Gasteiger partial charge on any atom is 0.115 e. The zero-order chi connectivity index (χ0) is 9.10. The molecule has 1 saturated carbocycles. The number of nitrogens with zero attached hydrogens (tertiary/aromatic N) is 3. The SMILES string of the molecule is N#CC(Cn1cccn1)NC1CC1. The molecule has 0 aromatic carbocycles. The van der Waals surface area contributed by atoms with Gasteiger partial charge in [-0.2, -0.15) is 10.4 Å². The van der Waals surface area contributed by atoms with Gasteiger partial charge in [0.05, 0.1) is 12.6 Å². The summed E-state index contributed by atoms with van der Waals surface area (Å²) in [7, 11) is 0. The smallest absolute Gasteiger partial charge is 0.115 e. The third kappa shape index (κ3) is 2.30. The van der Waals surface area contributed by atoms with Gasteiger partial charge in [-0.15, -0.1) is 0 Å². The fraction of sp³-hybridized carbons (Fsp3) is 0.556. The van der Waals surface area contributed by atoms with Gasteiger partial charge in [0.25, 0.3) is 0 Å². The summed E-state index contributed by atoms with van der Waals surface area (Å²) in [6.07, 6.45) is 6.01. The quantitative estimate of drug-likeness (QED) is 0.728. The fourth-order valence-corrected chi connectivity index (χ4v) is 1.26. The van der Waals surface area contributed by atoms with Crippen molar-refractivity contribution < 1.29 is 0 Å². The third-order valence-corrected chi connectivity index (χ3v) is 2.10. The minimum Gasteiger partial charge on any atom is -0.298 e. The molecule has 1 aromatic heterocycles. The normalized spacial score (nSPS) is 18.1. The number of aromatic nitrogens is 2. The summed E-state index contributed by atoms with van der Waals surface area (Å²) in [6, 6.07) is 4.57. The van der Waals surface area contributed by atoms with Crippen molar-refractivity contribution in [1.82, 2.24) is 15.1 Å². The van der Waals surface area contributed by atoms with E-state index in [2.05, 4.69) is 16.5 Å². The van der Waals surface area contributed by atoms with Crippen LogP contribution in [0.3, 0.4) is 0 Å². The van der Waals surface area contributed by atoms with Gasteiger partial charge >= 0.3 is 0 Å². The molecule has 4 heteroatoms. The summed E-state index contributed by atoms with van der Waals surface area (Å²) in [5.74, 6) is 0. The topological polar surface area (TPSA) is 53.6 Å². The van der Waals surface area contributed by atoms with Gasteiger partial charge in [0, 0.05) is 18.4 Å². The van der Waals surface area contributed by atoms with Crippen molar-refractivity contribution in [2.45, 2.75) is 31.5 Å². The third-order valence-electron chi connectivity index (χ3n) is 2.10. The molecule has 1 aliphatic rings. The van der Waals surface area contributed by atoms with Crippen LogP contribution < -0.4 is 5.32 Å². The predicted molar refractivity (Wildman–Crippen MR) is 47.8 cm³/mol. The summed E-state index contributed by atoms with van der Waals surface area (Å²) >= 11 is 0. The van der Waals surface area contributed by atoms with Crippen molar-refractivity contribution in [3.8, 4) is 6.07 Å². The Balaban J connectivity index is 1.87. The molecule has 1 fully saturated rings. The first-order valence-electron chi connectivity index (χ1n) is 4.51. The molecule has 0 bridgehead atoms. The Morgan fingerprint density at radius 1 is 1.69 bits per heavy atom. The van der Waals surface area contributed by atoms with Crippen LogP contribution in [0.4, 0.5) is 0 Å². The first-order valence-corrected chi connectivity index (χ1v) is 4.51. The van der Waals surface area contributed by atoms with Crippen molar-refractivity contribution in [2.24, 2.45) is 0 Å². The molecule has 0 saturated heterocycles. The first-order chi connectivity index (χ1) is 6.38. The molecule has 1 heterocycles. The van der Waals surface area contributed by atoms with E-state index in [4.69, 9.17) is 5.26 Å². The Morgan fingerprint density at radius 2 is 2.54 bits per heavy atom. The second-order valence-corrected chi connectivity index (χ2v) is 3.35. The summed E-state index contributed by atoms with van der Waals surface area (Å²) in [4.78, 5) is 0. The highest BCUT2D eigenvalue weighted by Crippen LogP contribution is 2.19. The number of nitriles is 1. The molecule has 4 nitrogen and oxygen atoms in total. The molecule has 1 aromatic rings. The molecular weight excluding hydrogens is 164 g/mol. The Morgan fingerprint density at radius 3 is 3.08 bits per heavy atom. The Hall–Kier alpha value is -1.34. The zero-order valence-electron chi connectivity index (χ0n) is 7.35. The second kappa shape index (κ2) is 3.58. The Kier molecular flexibility index (Phi) is 2.28. The molecule has 1 atom stereocenters. The molecule has 2 rings (SSSR count). The van der Waals surface area contributed by atoms with E-state index in [-0.39, 0.29) is 6.04 Å². The Bertz CT molecular complexity index is 294. The van der Waals surface area contributed by atoms with E-state index in [0.717, 1.165) is 0 Å². The van der Waals surface area contributed by atoms with Crippen LogP contribution in [0.25, 0.3) is 0 Å². The highest BCUT2D eigenvalue weighted by Gasteiger charge is 2.24.